The molecule has 0 saturated heterocycles. The number of phenols is 1. The van der Waals surface area contributed by atoms with Gasteiger partial charge in [0.2, 0.25) is 0 Å². The molecule has 0 bridgehead atoms. The van der Waals surface area contributed by atoms with Crippen molar-refractivity contribution in [2.24, 2.45) is 0 Å². The molecule has 0 saturated carbocycles. The summed E-state index contributed by atoms with van der Waals surface area (Å²) in [4.78, 5) is 13.2. The van der Waals surface area contributed by atoms with Crippen LogP contribution >= 0.6 is 0 Å². The average molecular weight is 421 g/mol. The number of aryl methyl sites for hydroxylation is 1. The maximum absolute atomic E-state index is 13.2. The van der Waals surface area contributed by atoms with E-state index in [1.54, 1.807) is 24.3 Å². The fourth-order valence-corrected chi connectivity index (χ4v) is 4.62. The third-order valence-corrected chi connectivity index (χ3v) is 5.98. The molecule has 0 amide bonds. The van der Waals surface area contributed by atoms with Crippen molar-refractivity contribution < 1.29 is 9.52 Å². The summed E-state index contributed by atoms with van der Waals surface area (Å²) in [6, 6.07) is 24.4. The molecule has 2 aromatic heterocycles. The van der Waals surface area contributed by atoms with Crippen LogP contribution in [0, 0.1) is 6.92 Å². The van der Waals surface area contributed by atoms with E-state index in [2.05, 4.69) is 5.32 Å². The van der Waals surface area contributed by atoms with E-state index < -0.39 is 11.5 Å². The van der Waals surface area contributed by atoms with E-state index in [0.29, 0.717) is 16.8 Å². The molecule has 1 atom stereocenters. The third-order valence-electron chi connectivity index (χ3n) is 5.98. The van der Waals surface area contributed by atoms with Gasteiger partial charge in [0.1, 0.15) is 17.2 Å². The van der Waals surface area contributed by atoms with E-state index in [9.17, 15) is 9.90 Å². The summed E-state index contributed by atoms with van der Waals surface area (Å²) in [5, 5.41) is 19.3. The van der Waals surface area contributed by atoms with E-state index in [1.807, 2.05) is 66.2 Å². The third kappa shape index (κ3) is 2.66. The van der Waals surface area contributed by atoms with Crippen molar-refractivity contribution >= 4 is 22.5 Å². The van der Waals surface area contributed by atoms with Crippen LogP contribution in [0.2, 0.25) is 0 Å². The zero-order valence-electron chi connectivity index (χ0n) is 17.2. The molecule has 32 heavy (non-hydrogen) atoms. The first-order valence-corrected chi connectivity index (χ1v) is 10.4. The van der Waals surface area contributed by atoms with Crippen LogP contribution in [0.25, 0.3) is 16.7 Å². The standard InChI is InChI=1S/C26H19N3O3/c1-15-21-22(16-8-7-11-18(30)14-16)23-24(19-12-5-6-13-20(19)32-26(23)31)27-25(21)29(28-15)17-9-3-2-4-10-17/h2-14,22,27,30H,1H3. The van der Waals surface area contributed by atoms with Crippen LogP contribution in [-0.2, 0) is 0 Å². The molecule has 1 aliphatic heterocycles. The largest absolute Gasteiger partial charge is 0.508 e. The summed E-state index contributed by atoms with van der Waals surface area (Å²) in [5.74, 6) is 0.499. The summed E-state index contributed by atoms with van der Waals surface area (Å²) >= 11 is 0. The molecule has 3 heterocycles. The Morgan fingerprint density at radius 1 is 0.969 bits per heavy atom. The van der Waals surface area contributed by atoms with Crippen LogP contribution in [0.4, 0.5) is 11.5 Å². The number of phenolic OH excluding ortho intramolecular Hbond substituents is 1. The number of aromatic nitrogens is 2. The smallest absolute Gasteiger partial charge is 0.342 e. The maximum Gasteiger partial charge on any atom is 0.342 e. The average Bonchev–Trinajstić information content (AvgIpc) is 3.15. The first kappa shape index (κ1) is 18.4. The Kier molecular flexibility index (Phi) is 3.95. The highest BCUT2D eigenvalue weighted by Crippen LogP contribution is 2.48. The quantitative estimate of drug-likeness (QED) is 0.374. The van der Waals surface area contributed by atoms with E-state index in [1.165, 1.54) is 0 Å². The molecule has 0 spiro atoms. The van der Waals surface area contributed by atoms with Crippen molar-refractivity contribution in [2.45, 2.75) is 12.8 Å². The number of aromatic hydroxyl groups is 1. The van der Waals surface area contributed by atoms with Gasteiger partial charge in [0, 0.05) is 16.9 Å². The van der Waals surface area contributed by atoms with Crippen LogP contribution in [0.3, 0.4) is 0 Å². The van der Waals surface area contributed by atoms with E-state index >= 15 is 0 Å². The Bertz CT molecular complexity index is 1550. The predicted molar refractivity (Wildman–Crippen MR) is 123 cm³/mol. The Morgan fingerprint density at radius 3 is 2.56 bits per heavy atom. The van der Waals surface area contributed by atoms with Crippen molar-refractivity contribution in [3.63, 3.8) is 0 Å². The fraction of sp³-hybridized carbons (Fsp3) is 0.0769. The zero-order chi connectivity index (χ0) is 21.8. The number of hydrogen-bond donors (Lipinski definition) is 2. The summed E-state index contributed by atoms with van der Waals surface area (Å²) in [6.45, 7) is 1.93. The second-order valence-corrected chi connectivity index (χ2v) is 7.92. The molecule has 0 radical (unpaired) electrons. The van der Waals surface area contributed by atoms with Crippen LogP contribution in [0.5, 0.6) is 5.75 Å². The molecular formula is C26H19N3O3. The van der Waals surface area contributed by atoms with Gasteiger partial charge in [0.15, 0.2) is 0 Å². The molecule has 156 valence electrons. The monoisotopic (exact) mass is 421 g/mol. The lowest BCUT2D eigenvalue weighted by Crippen LogP contribution is -2.23. The van der Waals surface area contributed by atoms with Crippen molar-refractivity contribution in [3.8, 4) is 11.4 Å². The van der Waals surface area contributed by atoms with Gasteiger partial charge in [-0.3, -0.25) is 0 Å². The van der Waals surface area contributed by atoms with Crippen molar-refractivity contribution in [2.75, 3.05) is 5.32 Å². The molecular weight excluding hydrogens is 402 g/mol. The molecule has 5 aromatic rings. The topological polar surface area (TPSA) is 80.3 Å². The van der Waals surface area contributed by atoms with Gasteiger partial charge in [-0.05, 0) is 48.9 Å². The summed E-state index contributed by atoms with van der Waals surface area (Å²) in [6.07, 6.45) is 0. The lowest BCUT2D eigenvalue weighted by molar-refractivity contribution is 0.474. The molecule has 6 heteroatoms. The van der Waals surface area contributed by atoms with Gasteiger partial charge in [0.25, 0.3) is 0 Å². The number of fused-ring (bicyclic) bond motifs is 4. The first-order chi connectivity index (χ1) is 15.6. The summed E-state index contributed by atoms with van der Waals surface area (Å²) in [5.41, 5.74) is 4.72. The first-order valence-electron chi connectivity index (χ1n) is 10.4. The highest BCUT2D eigenvalue weighted by Gasteiger charge is 2.36. The molecule has 2 N–H and O–H groups in total. The number of para-hydroxylation sites is 2. The SMILES string of the molecule is Cc1nn(-c2ccccc2)c2c1C(c1cccc(O)c1)c1c(c3ccccc3oc1=O)N2. The lowest BCUT2D eigenvalue weighted by atomic mass is 9.82. The number of hydrogen-bond acceptors (Lipinski definition) is 5. The van der Waals surface area contributed by atoms with Crippen LogP contribution < -0.4 is 10.9 Å². The predicted octanol–water partition coefficient (Wildman–Crippen LogP) is 5.23. The van der Waals surface area contributed by atoms with Gasteiger partial charge in [-0.1, -0.05) is 42.5 Å². The van der Waals surface area contributed by atoms with Gasteiger partial charge in [-0.25, -0.2) is 9.48 Å². The number of nitrogens with zero attached hydrogens (tertiary/aromatic N) is 2. The normalized spacial score (nSPS) is 14.6. The van der Waals surface area contributed by atoms with E-state index in [4.69, 9.17) is 9.52 Å². The highest BCUT2D eigenvalue weighted by atomic mass is 16.4. The Morgan fingerprint density at radius 2 is 1.75 bits per heavy atom. The van der Waals surface area contributed by atoms with Gasteiger partial charge < -0.3 is 14.8 Å². The van der Waals surface area contributed by atoms with Crippen LogP contribution in [0.15, 0.2) is 88.1 Å². The van der Waals surface area contributed by atoms with E-state index in [0.717, 1.165) is 33.7 Å². The number of anilines is 2. The molecule has 0 fully saturated rings. The summed E-state index contributed by atoms with van der Waals surface area (Å²) in [7, 11) is 0. The Labute approximate surface area is 183 Å². The highest BCUT2D eigenvalue weighted by molar-refractivity contribution is 5.96. The lowest BCUT2D eigenvalue weighted by Gasteiger charge is -2.28. The van der Waals surface area contributed by atoms with Gasteiger partial charge >= 0.3 is 5.63 Å². The van der Waals surface area contributed by atoms with Gasteiger partial charge in [-0.2, -0.15) is 5.10 Å². The second-order valence-electron chi connectivity index (χ2n) is 7.92. The van der Waals surface area contributed by atoms with Crippen molar-refractivity contribution in [1.29, 1.82) is 0 Å². The zero-order valence-corrected chi connectivity index (χ0v) is 17.2. The molecule has 6 nitrogen and oxygen atoms in total. The van der Waals surface area contributed by atoms with E-state index in [-0.39, 0.29) is 5.75 Å². The van der Waals surface area contributed by atoms with Crippen molar-refractivity contribution in [3.05, 3.63) is 112 Å². The molecule has 0 aliphatic carbocycles. The van der Waals surface area contributed by atoms with Crippen LogP contribution in [0.1, 0.15) is 28.3 Å². The Balaban J connectivity index is 1.72. The van der Waals surface area contributed by atoms with Crippen molar-refractivity contribution in [1.82, 2.24) is 9.78 Å². The Hall–Kier alpha value is -4.32. The number of nitrogens with one attached hydrogen (secondary N) is 1. The number of rotatable bonds is 2. The van der Waals surface area contributed by atoms with Gasteiger partial charge in [-0.15, -0.1) is 0 Å². The minimum Gasteiger partial charge on any atom is -0.508 e. The molecule has 1 unspecified atom stereocenters. The molecule has 1 aliphatic rings. The fourth-order valence-electron chi connectivity index (χ4n) is 4.62. The number of benzene rings is 3. The van der Waals surface area contributed by atoms with Gasteiger partial charge in [0.05, 0.1) is 22.6 Å². The van der Waals surface area contributed by atoms with Crippen LogP contribution in [-0.4, -0.2) is 14.9 Å². The molecule has 6 rings (SSSR count). The summed E-state index contributed by atoms with van der Waals surface area (Å²) < 4.78 is 7.57. The maximum atomic E-state index is 13.2. The second kappa shape index (κ2) is 6.85. The molecule has 3 aromatic carbocycles. The minimum absolute atomic E-state index is 0.141. The minimum atomic E-state index is -0.438.